The molecule has 1 atom stereocenters. The summed E-state index contributed by atoms with van der Waals surface area (Å²) in [4.78, 5) is 15.5. The lowest BCUT2D eigenvalue weighted by molar-refractivity contribution is 0.0692. The van der Waals surface area contributed by atoms with Crippen molar-refractivity contribution in [3.05, 3.63) is 81.3 Å². The van der Waals surface area contributed by atoms with E-state index in [0.29, 0.717) is 46.6 Å². The average molecular weight is 426 g/mol. The van der Waals surface area contributed by atoms with E-state index >= 15 is 0 Å². The van der Waals surface area contributed by atoms with E-state index in [-0.39, 0.29) is 11.9 Å². The van der Waals surface area contributed by atoms with Crippen molar-refractivity contribution in [3.63, 3.8) is 0 Å². The predicted octanol–water partition coefficient (Wildman–Crippen LogP) is 5.35. The number of furan rings is 1. The van der Waals surface area contributed by atoms with Crippen LogP contribution in [0.3, 0.4) is 0 Å². The minimum Gasteiger partial charge on any atom is -0.493 e. The fourth-order valence-electron chi connectivity index (χ4n) is 4.19. The molecule has 1 aliphatic rings. The Labute approximate surface area is 181 Å². The average Bonchev–Trinajstić information content (AvgIpc) is 3.09. The van der Waals surface area contributed by atoms with Crippen LogP contribution in [0.1, 0.15) is 44.6 Å². The molecule has 1 amide bonds. The fraction of sp³-hybridized carbons (Fsp3) is 0.292. The second-order valence-corrected chi connectivity index (χ2v) is 7.81. The van der Waals surface area contributed by atoms with Gasteiger partial charge >= 0.3 is 0 Å². The van der Waals surface area contributed by atoms with Gasteiger partial charge in [-0.3, -0.25) is 4.79 Å². The molecule has 0 radical (unpaired) electrons. The van der Waals surface area contributed by atoms with Gasteiger partial charge in [0, 0.05) is 11.6 Å². The number of aryl methyl sites for hydroxylation is 2. The van der Waals surface area contributed by atoms with Crippen molar-refractivity contribution in [3.8, 4) is 11.5 Å². The summed E-state index contributed by atoms with van der Waals surface area (Å²) >= 11 is 6.60. The van der Waals surface area contributed by atoms with Gasteiger partial charge in [0.1, 0.15) is 11.5 Å². The number of hydrogen-bond donors (Lipinski definition) is 0. The lowest BCUT2D eigenvalue weighted by Gasteiger charge is -2.38. The zero-order valence-electron chi connectivity index (χ0n) is 17.5. The molecule has 0 saturated heterocycles. The van der Waals surface area contributed by atoms with Crippen LogP contribution in [0.5, 0.6) is 11.5 Å². The lowest BCUT2D eigenvalue weighted by Crippen LogP contribution is -2.41. The van der Waals surface area contributed by atoms with E-state index in [1.54, 1.807) is 20.3 Å². The molecule has 0 saturated carbocycles. The quantitative estimate of drug-likeness (QED) is 0.565. The molecule has 6 heteroatoms. The highest BCUT2D eigenvalue weighted by molar-refractivity contribution is 6.31. The van der Waals surface area contributed by atoms with Crippen LogP contribution in [0, 0.1) is 13.8 Å². The molecule has 1 unspecified atom stereocenters. The summed E-state index contributed by atoms with van der Waals surface area (Å²) in [6, 6.07) is 13.0. The maximum Gasteiger partial charge on any atom is 0.258 e. The minimum absolute atomic E-state index is 0.0743. The molecule has 0 aliphatic carbocycles. The number of hydrogen-bond acceptors (Lipinski definition) is 4. The van der Waals surface area contributed by atoms with Crippen molar-refractivity contribution < 1.29 is 18.7 Å². The van der Waals surface area contributed by atoms with Gasteiger partial charge < -0.3 is 18.8 Å². The second-order valence-electron chi connectivity index (χ2n) is 7.41. The van der Waals surface area contributed by atoms with E-state index in [9.17, 15) is 4.79 Å². The Morgan fingerprint density at radius 2 is 1.77 bits per heavy atom. The second kappa shape index (κ2) is 8.07. The van der Waals surface area contributed by atoms with Crippen LogP contribution in [0.25, 0.3) is 0 Å². The van der Waals surface area contributed by atoms with Crippen molar-refractivity contribution in [2.45, 2.75) is 26.3 Å². The summed E-state index contributed by atoms with van der Waals surface area (Å²) in [5, 5.41) is 0.614. The Hall–Kier alpha value is -2.92. The molecule has 156 valence electrons. The van der Waals surface area contributed by atoms with Crippen LogP contribution in [0.15, 0.2) is 46.9 Å². The molecular formula is C24H24ClNO4. The van der Waals surface area contributed by atoms with Crippen molar-refractivity contribution in [2.24, 2.45) is 0 Å². The molecule has 1 aromatic heterocycles. The van der Waals surface area contributed by atoms with Gasteiger partial charge in [-0.25, -0.2) is 0 Å². The number of carbonyl (C=O) groups excluding carboxylic acids is 1. The van der Waals surface area contributed by atoms with E-state index in [2.05, 4.69) is 0 Å². The zero-order valence-corrected chi connectivity index (χ0v) is 18.2. The van der Waals surface area contributed by atoms with Gasteiger partial charge in [0.25, 0.3) is 5.91 Å². The molecule has 4 rings (SSSR count). The first-order valence-corrected chi connectivity index (χ1v) is 10.2. The first kappa shape index (κ1) is 20.4. The van der Waals surface area contributed by atoms with E-state index in [0.717, 1.165) is 16.7 Å². The highest BCUT2D eigenvalue weighted by atomic mass is 35.5. The molecule has 2 heterocycles. The van der Waals surface area contributed by atoms with E-state index < -0.39 is 0 Å². The standard InChI is InChI=1S/C24H24ClNO4/c1-14-11-18(15(2)30-14)24(27)26-10-9-16-12-21(28-3)22(29-4)13-19(16)23(26)17-7-5-6-8-20(17)25/h5-8,11-13,23H,9-10H2,1-4H3. The summed E-state index contributed by atoms with van der Waals surface area (Å²) in [6.07, 6.45) is 0.707. The number of halogens is 1. The van der Waals surface area contributed by atoms with Gasteiger partial charge in [-0.2, -0.15) is 0 Å². The molecule has 0 spiro atoms. The van der Waals surface area contributed by atoms with Gasteiger partial charge in [0.15, 0.2) is 11.5 Å². The van der Waals surface area contributed by atoms with Gasteiger partial charge in [-0.1, -0.05) is 29.8 Å². The SMILES string of the molecule is COc1cc2c(cc1OC)C(c1ccccc1Cl)N(C(=O)c1cc(C)oc1C)CC2. The Balaban J connectivity index is 1.89. The number of nitrogens with zero attached hydrogens (tertiary/aromatic N) is 1. The third kappa shape index (κ3) is 3.43. The number of benzene rings is 2. The van der Waals surface area contributed by atoms with Gasteiger partial charge in [0.2, 0.25) is 0 Å². The number of carbonyl (C=O) groups is 1. The third-order valence-electron chi connectivity index (χ3n) is 5.61. The molecule has 30 heavy (non-hydrogen) atoms. The van der Waals surface area contributed by atoms with E-state index in [4.69, 9.17) is 25.5 Å². The molecule has 0 N–H and O–H groups in total. The molecule has 0 bridgehead atoms. The smallest absolute Gasteiger partial charge is 0.258 e. The van der Waals surface area contributed by atoms with Gasteiger partial charge in [-0.05, 0) is 61.2 Å². The van der Waals surface area contributed by atoms with Crippen molar-refractivity contribution in [1.82, 2.24) is 4.90 Å². The lowest BCUT2D eigenvalue weighted by atomic mass is 9.87. The number of methoxy groups -OCH3 is 2. The number of amides is 1. The highest BCUT2D eigenvalue weighted by Crippen LogP contribution is 2.43. The van der Waals surface area contributed by atoms with Crippen LogP contribution >= 0.6 is 11.6 Å². The molecule has 2 aromatic carbocycles. The molecule has 5 nitrogen and oxygen atoms in total. The van der Waals surface area contributed by atoms with Crippen molar-refractivity contribution >= 4 is 17.5 Å². The zero-order chi connectivity index (χ0) is 21.4. The molecular weight excluding hydrogens is 402 g/mol. The van der Waals surface area contributed by atoms with Crippen LogP contribution in [0.2, 0.25) is 5.02 Å². The molecule has 1 aliphatic heterocycles. The minimum atomic E-state index is -0.343. The van der Waals surface area contributed by atoms with Crippen LogP contribution in [-0.2, 0) is 6.42 Å². The predicted molar refractivity (Wildman–Crippen MR) is 116 cm³/mol. The normalized spacial score (nSPS) is 15.6. The summed E-state index contributed by atoms with van der Waals surface area (Å²) in [6.45, 7) is 4.22. The van der Waals surface area contributed by atoms with Crippen molar-refractivity contribution in [1.29, 1.82) is 0 Å². The highest BCUT2D eigenvalue weighted by Gasteiger charge is 2.35. The number of fused-ring (bicyclic) bond motifs is 1. The fourth-order valence-corrected chi connectivity index (χ4v) is 4.43. The third-order valence-corrected chi connectivity index (χ3v) is 5.95. The Morgan fingerprint density at radius 1 is 1.07 bits per heavy atom. The first-order chi connectivity index (χ1) is 14.4. The summed E-state index contributed by atoms with van der Waals surface area (Å²) < 4.78 is 16.6. The summed E-state index contributed by atoms with van der Waals surface area (Å²) in [5.41, 5.74) is 3.55. The Bertz CT molecular complexity index is 1100. The maximum atomic E-state index is 13.6. The maximum absolute atomic E-state index is 13.6. The number of rotatable bonds is 4. The first-order valence-electron chi connectivity index (χ1n) is 9.81. The monoisotopic (exact) mass is 425 g/mol. The largest absolute Gasteiger partial charge is 0.493 e. The Kier molecular flexibility index (Phi) is 5.48. The summed E-state index contributed by atoms with van der Waals surface area (Å²) in [5.74, 6) is 2.56. The number of ether oxygens (including phenoxy) is 2. The van der Waals surface area contributed by atoms with Crippen LogP contribution in [-0.4, -0.2) is 31.6 Å². The van der Waals surface area contributed by atoms with Gasteiger partial charge in [-0.15, -0.1) is 0 Å². The Morgan fingerprint density at radius 3 is 2.40 bits per heavy atom. The van der Waals surface area contributed by atoms with E-state index in [1.165, 1.54) is 0 Å². The summed E-state index contributed by atoms with van der Waals surface area (Å²) in [7, 11) is 3.23. The van der Waals surface area contributed by atoms with Gasteiger partial charge in [0.05, 0.1) is 25.8 Å². The molecule has 0 fully saturated rings. The van der Waals surface area contributed by atoms with Crippen LogP contribution in [0.4, 0.5) is 0 Å². The van der Waals surface area contributed by atoms with E-state index in [1.807, 2.05) is 55.1 Å². The van der Waals surface area contributed by atoms with Crippen molar-refractivity contribution in [2.75, 3.05) is 20.8 Å². The topological polar surface area (TPSA) is 51.9 Å². The van der Waals surface area contributed by atoms with Crippen LogP contribution < -0.4 is 9.47 Å². The molecule has 3 aromatic rings.